The first-order valence-electron chi connectivity index (χ1n) is 6.14. The molecule has 6 heteroatoms. The Labute approximate surface area is 135 Å². The Hall–Kier alpha value is -2.09. The molecule has 0 saturated heterocycles. The lowest BCUT2D eigenvalue weighted by atomic mass is 10.1. The summed E-state index contributed by atoms with van der Waals surface area (Å²) in [7, 11) is 0. The molecule has 0 fully saturated rings. The zero-order valence-electron chi connectivity index (χ0n) is 11.2. The smallest absolute Gasteiger partial charge is 0.335 e. The molecule has 0 heterocycles. The van der Waals surface area contributed by atoms with Gasteiger partial charge < -0.3 is 15.7 Å². The predicted molar refractivity (Wildman–Crippen MR) is 89.9 cm³/mol. The van der Waals surface area contributed by atoms with E-state index in [-0.39, 0.29) is 11.6 Å². The molecular formula is C15H13IN2O3. The average Bonchev–Trinajstić information content (AvgIpc) is 2.41. The van der Waals surface area contributed by atoms with Crippen molar-refractivity contribution in [2.75, 3.05) is 10.6 Å². The zero-order valence-corrected chi connectivity index (χ0v) is 13.3. The van der Waals surface area contributed by atoms with E-state index in [4.69, 9.17) is 5.11 Å². The van der Waals surface area contributed by atoms with Gasteiger partial charge in [0, 0.05) is 9.26 Å². The number of nitrogens with one attached hydrogen (secondary N) is 2. The fraction of sp³-hybridized carbons (Fsp3) is 0.0667. The van der Waals surface area contributed by atoms with Crippen LogP contribution in [0, 0.1) is 10.5 Å². The maximum atomic E-state index is 11.9. The van der Waals surface area contributed by atoms with E-state index in [9.17, 15) is 9.59 Å². The first-order valence-corrected chi connectivity index (χ1v) is 7.21. The van der Waals surface area contributed by atoms with E-state index >= 15 is 0 Å². The van der Waals surface area contributed by atoms with Crippen LogP contribution in [-0.2, 0) is 0 Å². The van der Waals surface area contributed by atoms with E-state index in [0.29, 0.717) is 11.3 Å². The SMILES string of the molecule is Cc1cc(NC(=O)Nc2ccccc2I)ccc1C(=O)O. The van der Waals surface area contributed by atoms with Crippen LogP contribution in [0.5, 0.6) is 0 Å². The van der Waals surface area contributed by atoms with Gasteiger partial charge in [-0.05, 0) is 65.4 Å². The summed E-state index contributed by atoms with van der Waals surface area (Å²) in [6.45, 7) is 1.69. The number of halogens is 1. The van der Waals surface area contributed by atoms with Crippen molar-refractivity contribution < 1.29 is 14.7 Å². The summed E-state index contributed by atoms with van der Waals surface area (Å²) in [6, 6.07) is 11.7. The van der Waals surface area contributed by atoms with Crippen LogP contribution in [0.15, 0.2) is 42.5 Å². The summed E-state index contributed by atoms with van der Waals surface area (Å²) >= 11 is 2.13. The number of benzene rings is 2. The van der Waals surface area contributed by atoms with Crippen LogP contribution in [0.4, 0.5) is 16.2 Å². The minimum absolute atomic E-state index is 0.221. The van der Waals surface area contributed by atoms with E-state index in [1.165, 1.54) is 6.07 Å². The number of hydrogen-bond acceptors (Lipinski definition) is 2. The number of urea groups is 1. The average molecular weight is 396 g/mol. The van der Waals surface area contributed by atoms with Crippen LogP contribution in [0.25, 0.3) is 0 Å². The van der Waals surface area contributed by atoms with Crippen LogP contribution < -0.4 is 10.6 Å². The fourth-order valence-corrected chi connectivity index (χ4v) is 2.35. The van der Waals surface area contributed by atoms with Gasteiger partial charge >= 0.3 is 12.0 Å². The molecule has 0 aliphatic carbocycles. The van der Waals surface area contributed by atoms with Crippen LogP contribution >= 0.6 is 22.6 Å². The third-order valence-electron chi connectivity index (χ3n) is 2.84. The molecule has 3 N–H and O–H groups in total. The maximum Gasteiger partial charge on any atom is 0.335 e. The van der Waals surface area contributed by atoms with Crippen LogP contribution in [0.3, 0.4) is 0 Å². The minimum Gasteiger partial charge on any atom is -0.478 e. The van der Waals surface area contributed by atoms with Crippen molar-refractivity contribution in [3.8, 4) is 0 Å². The Morgan fingerprint density at radius 1 is 1.10 bits per heavy atom. The molecule has 2 amide bonds. The first-order chi connectivity index (χ1) is 9.97. The molecule has 0 aliphatic rings. The molecule has 0 unspecified atom stereocenters. The third kappa shape index (κ3) is 3.94. The van der Waals surface area contributed by atoms with Crippen LogP contribution in [-0.4, -0.2) is 17.1 Å². The molecular weight excluding hydrogens is 383 g/mol. The van der Waals surface area contributed by atoms with E-state index in [1.807, 2.05) is 18.2 Å². The summed E-state index contributed by atoms with van der Waals surface area (Å²) in [5.74, 6) is -0.984. The van der Waals surface area contributed by atoms with Gasteiger partial charge in [0.25, 0.3) is 0 Å². The molecule has 0 aliphatic heterocycles. The molecule has 0 atom stereocenters. The number of anilines is 2. The first kappa shape index (κ1) is 15.3. The lowest BCUT2D eigenvalue weighted by molar-refractivity contribution is 0.0696. The molecule has 2 aromatic rings. The standard InChI is InChI=1S/C15H13IN2O3/c1-9-8-10(6-7-11(9)14(19)20)17-15(21)18-13-5-3-2-4-12(13)16/h2-8H,1H3,(H,19,20)(H2,17,18,21). The second kappa shape index (κ2) is 6.57. The largest absolute Gasteiger partial charge is 0.478 e. The van der Waals surface area contributed by atoms with E-state index < -0.39 is 5.97 Å². The Bertz CT molecular complexity index is 701. The topological polar surface area (TPSA) is 78.4 Å². The van der Waals surface area contributed by atoms with Crippen molar-refractivity contribution >= 4 is 46.0 Å². The van der Waals surface area contributed by atoms with Gasteiger partial charge in [0.05, 0.1) is 11.3 Å². The van der Waals surface area contributed by atoms with Crippen molar-refractivity contribution in [2.24, 2.45) is 0 Å². The van der Waals surface area contributed by atoms with Crippen molar-refractivity contribution in [1.82, 2.24) is 0 Å². The highest BCUT2D eigenvalue weighted by Crippen LogP contribution is 2.18. The van der Waals surface area contributed by atoms with E-state index in [2.05, 4.69) is 33.2 Å². The van der Waals surface area contributed by atoms with Crippen LogP contribution in [0.2, 0.25) is 0 Å². The molecule has 0 saturated carbocycles. The number of hydrogen-bond donors (Lipinski definition) is 3. The monoisotopic (exact) mass is 396 g/mol. The lowest BCUT2D eigenvalue weighted by Crippen LogP contribution is -2.20. The number of carboxylic acids is 1. The zero-order chi connectivity index (χ0) is 15.4. The number of rotatable bonds is 3. The van der Waals surface area contributed by atoms with Gasteiger partial charge in [-0.3, -0.25) is 0 Å². The Morgan fingerprint density at radius 2 is 1.81 bits per heavy atom. The van der Waals surface area contributed by atoms with Crippen LogP contribution in [0.1, 0.15) is 15.9 Å². The number of carbonyl (C=O) groups excluding carboxylic acids is 1. The second-order valence-corrected chi connectivity index (χ2v) is 5.56. The molecule has 0 radical (unpaired) electrons. The highest BCUT2D eigenvalue weighted by molar-refractivity contribution is 14.1. The number of para-hydroxylation sites is 1. The Balaban J connectivity index is 2.08. The van der Waals surface area contributed by atoms with Crippen molar-refractivity contribution in [3.05, 3.63) is 57.2 Å². The molecule has 2 rings (SSSR count). The normalized spacial score (nSPS) is 10.0. The van der Waals surface area contributed by atoms with Gasteiger partial charge in [0.15, 0.2) is 0 Å². The summed E-state index contributed by atoms with van der Waals surface area (Å²) in [6.07, 6.45) is 0. The van der Waals surface area contributed by atoms with Gasteiger partial charge in [-0.15, -0.1) is 0 Å². The third-order valence-corrected chi connectivity index (χ3v) is 3.78. The molecule has 0 bridgehead atoms. The van der Waals surface area contributed by atoms with Gasteiger partial charge in [-0.1, -0.05) is 12.1 Å². The number of aromatic carboxylic acids is 1. The number of amides is 2. The summed E-state index contributed by atoms with van der Waals surface area (Å²) < 4.78 is 0.933. The number of aryl methyl sites for hydroxylation is 1. The summed E-state index contributed by atoms with van der Waals surface area (Å²) in [5.41, 5.74) is 2.07. The number of carbonyl (C=O) groups is 2. The van der Waals surface area contributed by atoms with Gasteiger partial charge in [-0.2, -0.15) is 0 Å². The molecule has 0 aromatic heterocycles. The number of carboxylic acid groups (broad SMARTS) is 1. The van der Waals surface area contributed by atoms with Gasteiger partial charge in [0.1, 0.15) is 0 Å². The fourth-order valence-electron chi connectivity index (χ4n) is 1.83. The van der Waals surface area contributed by atoms with Crippen molar-refractivity contribution in [3.63, 3.8) is 0 Å². The Kier molecular flexibility index (Phi) is 4.79. The van der Waals surface area contributed by atoms with Crippen molar-refractivity contribution in [1.29, 1.82) is 0 Å². The molecule has 0 spiro atoms. The second-order valence-electron chi connectivity index (χ2n) is 4.39. The molecule has 2 aromatic carbocycles. The molecule has 108 valence electrons. The predicted octanol–water partition coefficient (Wildman–Crippen LogP) is 3.94. The van der Waals surface area contributed by atoms with Gasteiger partial charge in [0.2, 0.25) is 0 Å². The summed E-state index contributed by atoms with van der Waals surface area (Å²) in [5, 5.41) is 14.4. The quantitative estimate of drug-likeness (QED) is 0.688. The van der Waals surface area contributed by atoms with E-state index in [0.717, 1.165) is 9.26 Å². The maximum absolute atomic E-state index is 11.9. The van der Waals surface area contributed by atoms with Crippen molar-refractivity contribution in [2.45, 2.75) is 6.92 Å². The Morgan fingerprint density at radius 3 is 2.43 bits per heavy atom. The lowest BCUT2D eigenvalue weighted by Gasteiger charge is -2.10. The summed E-state index contributed by atoms with van der Waals surface area (Å²) in [4.78, 5) is 22.9. The minimum atomic E-state index is -0.984. The molecule has 21 heavy (non-hydrogen) atoms. The molecule has 5 nitrogen and oxygen atoms in total. The van der Waals surface area contributed by atoms with Gasteiger partial charge in [-0.25, -0.2) is 9.59 Å². The highest BCUT2D eigenvalue weighted by Gasteiger charge is 2.09. The highest BCUT2D eigenvalue weighted by atomic mass is 127. The van der Waals surface area contributed by atoms with E-state index in [1.54, 1.807) is 25.1 Å².